The van der Waals surface area contributed by atoms with Gasteiger partial charge >= 0.3 is 12.1 Å². The number of esters is 1. The molecule has 2 amide bonds. The maximum absolute atomic E-state index is 14.2. The fraction of sp³-hybridized carbons (Fsp3) is 0.564. The molecule has 14 heteroatoms. The smallest absolute Gasteiger partial charge is 0.408 e. The van der Waals surface area contributed by atoms with Gasteiger partial charge in [-0.15, -0.1) is 0 Å². The van der Waals surface area contributed by atoms with Crippen molar-refractivity contribution in [1.82, 2.24) is 20.5 Å². The minimum Gasteiger partial charge on any atom is -0.496 e. The lowest BCUT2D eigenvalue weighted by atomic mass is 9.99. The number of benzene rings is 1. The number of pyridine rings is 1. The number of hydrogen-bond acceptors (Lipinski definition) is 11. The largest absolute Gasteiger partial charge is 0.496 e. The number of halogens is 1. The number of alkyl carbamates (subject to hydrolysis) is 1. The van der Waals surface area contributed by atoms with Crippen molar-refractivity contribution in [2.24, 2.45) is 5.92 Å². The van der Waals surface area contributed by atoms with E-state index in [1.807, 2.05) is 26.0 Å². The Morgan fingerprint density at radius 1 is 1.11 bits per heavy atom. The number of carbonyl (C=O) groups is 4. The van der Waals surface area contributed by atoms with Crippen molar-refractivity contribution in [3.05, 3.63) is 53.8 Å². The average Bonchev–Trinajstić information content (AvgIpc) is 3.83. The zero-order chi connectivity index (χ0) is 38.2. The number of fused-ring (bicyclic) bond motifs is 2. The monoisotopic (exact) mass is 798 g/mol. The Morgan fingerprint density at radius 3 is 2.57 bits per heavy atom. The molecular weight excluding hydrogens is 748 g/mol. The highest BCUT2D eigenvalue weighted by atomic mass is 79.9. The van der Waals surface area contributed by atoms with Gasteiger partial charge in [0.2, 0.25) is 5.91 Å². The van der Waals surface area contributed by atoms with E-state index in [4.69, 9.17) is 18.9 Å². The first-order valence-electron chi connectivity index (χ1n) is 18.3. The number of ketones is 1. The second kappa shape index (κ2) is 18.4. The molecule has 1 aromatic heterocycles. The first-order chi connectivity index (χ1) is 25.4. The van der Waals surface area contributed by atoms with E-state index in [0.29, 0.717) is 34.4 Å². The van der Waals surface area contributed by atoms with E-state index in [0.717, 1.165) is 50.5 Å². The van der Waals surface area contributed by atoms with Crippen LogP contribution in [0.2, 0.25) is 0 Å². The molecule has 2 fully saturated rings. The standard InChI is InChI=1S/C39H51BrN4O9/c1-22-12-8-6-7-9-13-23(2)34(38(48)51-5)42-36(46)29-18-26(21-44(29)37(47)33(22)43-39(49)53-25-14-10-11-15-25)52-32-19-28(30(45)20-40)41-35-24(3)31(50-4)17-16-27(32)35/h9,13,16-17,19,23,25-26,29,33-34,37,47H,1,6-8,10-12,14-15,18,20-21H2,2-5H3,(H,42,46)(H,43,49)/b13-9-/t23?,26-,29?,33?,34?,37?/m1/s1. The van der Waals surface area contributed by atoms with E-state index in [-0.39, 0.29) is 41.8 Å². The molecule has 13 nitrogen and oxygen atoms in total. The summed E-state index contributed by atoms with van der Waals surface area (Å²) in [6.07, 6.45) is 7.35. The zero-order valence-corrected chi connectivity index (χ0v) is 32.5. The first kappa shape index (κ1) is 40.2. The minimum absolute atomic E-state index is 0.0516. The van der Waals surface area contributed by atoms with Gasteiger partial charge in [-0.05, 0) is 70.4 Å². The van der Waals surface area contributed by atoms with Crippen molar-refractivity contribution in [3.63, 3.8) is 0 Å². The number of nitrogens with zero attached hydrogens (tertiary/aromatic N) is 2. The molecule has 0 bridgehead atoms. The lowest BCUT2D eigenvalue weighted by Crippen LogP contribution is -2.58. The zero-order valence-electron chi connectivity index (χ0n) is 30.9. The summed E-state index contributed by atoms with van der Waals surface area (Å²) in [5, 5.41) is 18.6. The van der Waals surface area contributed by atoms with Crippen molar-refractivity contribution < 1.29 is 43.2 Å². The summed E-state index contributed by atoms with van der Waals surface area (Å²) in [7, 11) is 2.83. The van der Waals surface area contributed by atoms with Gasteiger partial charge in [-0.2, -0.15) is 0 Å². The van der Waals surface area contributed by atoms with E-state index in [2.05, 4.69) is 38.1 Å². The van der Waals surface area contributed by atoms with Crippen molar-refractivity contribution in [2.45, 2.75) is 108 Å². The van der Waals surface area contributed by atoms with Crippen LogP contribution in [0.3, 0.4) is 0 Å². The van der Waals surface area contributed by atoms with E-state index in [1.54, 1.807) is 30.2 Å². The van der Waals surface area contributed by atoms with Crippen LogP contribution in [0.15, 0.2) is 42.5 Å². The summed E-state index contributed by atoms with van der Waals surface area (Å²) < 4.78 is 22.9. The Kier molecular flexibility index (Phi) is 13.9. The molecule has 1 saturated carbocycles. The van der Waals surface area contributed by atoms with Crippen LogP contribution < -0.4 is 20.1 Å². The van der Waals surface area contributed by atoms with Gasteiger partial charge in [-0.3, -0.25) is 14.5 Å². The van der Waals surface area contributed by atoms with Crippen LogP contribution in [-0.4, -0.2) is 101 Å². The molecule has 0 radical (unpaired) electrons. The number of nitrogens with one attached hydrogen (secondary N) is 2. The van der Waals surface area contributed by atoms with Crippen LogP contribution in [0, 0.1) is 12.8 Å². The summed E-state index contributed by atoms with van der Waals surface area (Å²) in [6, 6.07) is 2.22. The van der Waals surface area contributed by atoms with Crippen LogP contribution in [0.4, 0.5) is 4.79 Å². The average molecular weight is 800 g/mol. The molecule has 2 aliphatic heterocycles. The van der Waals surface area contributed by atoms with E-state index in [1.165, 1.54) is 7.11 Å². The molecule has 5 unspecified atom stereocenters. The number of hydrogen-bond donors (Lipinski definition) is 3. The molecular formula is C39H51BrN4O9. The number of aromatic nitrogens is 1. The third-order valence-corrected chi connectivity index (χ3v) is 10.9. The van der Waals surface area contributed by atoms with Crippen LogP contribution in [0.1, 0.15) is 80.8 Å². The normalized spacial score (nSPS) is 26.8. The molecule has 2 aromatic rings. The summed E-state index contributed by atoms with van der Waals surface area (Å²) in [6.45, 7) is 8.00. The van der Waals surface area contributed by atoms with Crippen LogP contribution in [0.5, 0.6) is 11.5 Å². The quantitative estimate of drug-likeness (QED) is 0.138. The van der Waals surface area contributed by atoms with Crippen molar-refractivity contribution in [2.75, 3.05) is 26.1 Å². The number of rotatable bonds is 8. The highest BCUT2D eigenvalue weighted by Crippen LogP contribution is 2.36. The summed E-state index contributed by atoms with van der Waals surface area (Å²) >= 11 is 3.24. The van der Waals surface area contributed by atoms with Gasteiger partial charge in [-0.25, -0.2) is 14.6 Å². The van der Waals surface area contributed by atoms with Crippen molar-refractivity contribution in [1.29, 1.82) is 0 Å². The first-order valence-corrected chi connectivity index (χ1v) is 19.4. The SMILES string of the molecule is C=C1CCCC/C=C\C(C)C(C(=O)OC)NC(=O)C2C[C@@H](Oc3cc(C(=O)CBr)nc4c(C)c(OC)ccc34)CN2C(O)C1NC(=O)OC1CCCC1. The molecule has 6 atom stereocenters. The number of carbonyl (C=O) groups excluding carboxylic acids is 4. The fourth-order valence-corrected chi connectivity index (χ4v) is 7.70. The molecule has 3 N–H and O–H groups in total. The predicted molar refractivity (Wildman–Crippen MR) is 202 cm³/mol. The molecule has 3 heterocycles. The lowest BCUT2D eigenvalue weighted by Gasteiger charge is -2.35. The molecule has 1 aromatic carbocycles. The van der Waals surface area contributed by atoms with Crippen molar-refractivity contribution in [3.8, 4) is 11.5 Å². The number of aryl methyl sites for hydroxylation is 1. The Balaban J connectivity index is 1.52. The number of amides is 2. The van der Waals surface area contributed by atoms with Gasteiger partial charge in [0.25, 0.3) is 0 Å². The van der Waals surface area contributed by atoms with Gasteiger partial charge < -0.3 is 34.7 Å². The molecule has 1 saturated heterocycles. The number of aliphatic hydroxyl groups is 1. The van der Waals surface area contributed by atoms with Crippen LogP contribution in [-0.2, 0) is 19.1 Å². The van der Waals surface area contributed by atoms with Gasteiger partial charge in [-0.1, -0.05) is 47.2 Å². The number of allylic oxidation sites excluding steroid dienone is 1. The molecule has 5 rings (SSSR count). The Hall–Kier alpha value is -4.01. The predicted octanol–water partition coefficient (Wildman–Crippen LogP) is 5.29. The van der Waals surface area contributed by atoms with Gasteiger partial charge in [0.05, 0.1) is 37.2 Å². The summed E-state index contributed by atoms with van der Waals surface area (Å²) in [5.74, 6) is -0.778. The Labute approximate surface area is 319 Å². The van der Waals surface area contributed by atoms with Crippen LogP contribution in [0.25, 0.3) is 10.9 Å². The molecule has 3 aliphatic rings. The molecule has 53 heavy (non-hydrogen) atoms. The van der Waals surface area contributed by atoms with E-state index < -0.39 is 48.4 Å². The highest BCUT2D eigenvalue weighted by Gasteiger charge is 2.45. The summed E-state index contributed by atoms with van der Waals surface area (Å²) in [5.41, 5.74) is 2.03. The third-order valence-electron chi connectivity index (χ3n) is 10.4. The second-order valence-corrected chi connectivity index (χ2v) is 14.6. The van der Waals surface area contributed by atoms with Crippen LogP contribution >= 0.6 is 15.9 Å². The summed E-state index contributed by atoms with van der Waals surface area (Å²) in [4.78, 5) is 59.5. The highest BCUT2D eigenvalue weighted by molar-refractivity contribution is 9.09. The van der Waals surface area contributed by atoms with E-state index in [9.17, 15) is 24.3 Å². The number of aliphatic hydroxyl groups excluding tert-OH is 1. The van der Waals surface area contributed by atoms with E-state index >= 15 is 0 Å². The van der Waals surface area contributed by atoms with Gasteiger partial charge in [0.1, 0.15) is 41.7 Å². The molecule has 288 valence electrons. The lowest BCUT2D eigenvalue weighted by molar-refractivity contribution is -0.147. The number of ether oxygens (including phenoxy) is 4. The van der Waals surface area contributed by atoms with Gasteiger partial charge in [0, 0.05) is 35.9 Å². The molecule has 0 spiro atoms. The number of alkyl halides is 1. The Morgan fingerprint density at radius 2 is 1.87 bits per heavy atom. The maximum atomic E-state index is 14.2. The topological polar surface area (TPSA) is 166 Å². The third kappa shape index (κ3) is 9.57. The Bertz CT molecular complexity index is 1710. The fourth-order valence-electron chi connectivity index (χ4n) is 7.42. The van der Waals surface area contributed by atoms with Crippen molar-refractivity contribution >= 4 is 50.6 Å². The van der Waals surface area contributed by atoms with Gasteiger partial charge in [0.15, 0.2) is 5.78 Å². The maximum Gasteiger partial charge on any atom is 0.408 e. The second-order valence-electron chi connectivity index (χ2n) is 14.1. The minimum atomic E-state index is -1.41. The number of Topliss-reactive ketones (excluding diaryl/α,β-unsaturated/α-hetero) is 1. The molecule has 1 aliphatic carbocycles. The number of methoxy groups -OCH3 is 2.